The van der Waals surface area contributed by atoms with Gasteiger partial charge in [0.2, 0.25) is 5.91 Å². The lowest BCUT2D eigenvalue weighted by Gasteiger charge is -2.05. The van der Waals surface area contributed by atoms with Gasteiger partial charge in [0.1, 0.15) is 5.82 Å². The number of nitrogens with one attached hydrogen (secondary N) is 1. The Labute approximate surface area is 102 Å². The van der Waals surface area contributed by atoms with E-state index >= 15 is 0 Å². The minimum absolute atomic E-state index is 0.0702. The van der Waals surface area contributed by atoms with E-state index in [1.54, 1.807) is 6.07 Å². The van der Waals surface area contributed by atoms with E-state index in [0.29, 0.717) is 5.69 Å². The van der Waals surface area contributed by atoms with Gasteiger partial charge in [-0.1, -0.05) is 0 Å². The van der Waals surface area contributed by atoms with Crippen molar-refractivity contribution in [2.75, 3.05) is 11.1 Å². The third-order valence-corrected chi connectivity index (χ3v) is 2.96. The zero-order valence-electron chi connectivity index (χ0n) is 8.94. The SMILES string of the molecule is Nc1ccc(NC(=O)Cc2ccsc2)cc1F. The van der Waals surface area contributed by atoms with E-state index in [4.69, 9.17) is 5.73 Å². The van der Waals surface area contributed by atoms with Crippen LogP contribution < -0.4 is 11.1 Å². The molecular formula is C12H11FN2OS. The largest absolute Gasteiger partial charge is 0.396 e. The molecule has 2 rings (SSSR count). The quantitative estimate of drug-likeness (QED) is 0.823. The molecule has 3 nitrogen and oxygen atoms in total. The standard InChI is InChI=1S/C12H11FN2OS/c13-10-6-9(1-2-11(10)14)15-12(16)5-8-3-4-17-7-8/h1-4,6-7H,5,14H2,(H,15,16). The number of rotatable bonds is 3. The molecule has 0 unspecified atom stereocenters. The Balaban J connectivity index is 2.00. The van der Waals surface area contributed by atoms with E-state index in [0.717, 1.165) is 5.56 Å². The first kappa shape index (κ1) is 11.6. The number of nitrogens with two attached hydrogens (primary N) is 1. The predicted molar refractivity (Wildman–Crippen MR) is 67.5 cm³/mol. The van der Waals surface area contributed by atoms with Crippen LogP contribution in [-0.2, 0) is 11.2 Å². The molecule has 0 fully saturated rings. The van der Waals surface area contributed by atoms with Gasteiger partial charge in [-0.15, -0.1) is 0 Å². The minimum atomic E-state index is -0.529. The number of halogens is 1. The lowest BCUT2D eigenvalue weighted by atomic mass is 10.2. The van der Waals surface area contributed by atoms with Crippen LogP contribution in [-0.4, -0.2) is 5.91 Å². The number of thiophene rings is 1. The lowest BCUT2D eigenvalue weighted by molar-refractivity contribution is -0.115. The monoisotopic (exact) mass is 250 g/mol. The molecule has 0 saturated heterocycles. The van der Waals surface area contributed by atoms with Crippen molar-refractivity contribution in [1.29, 1.82) is 0 Å². The van der Waals surface area contributed by atoms with Crippen LogP contribution in [0.5, 0.6) is 0 Å². The third-order valence-electron chi connectivity index (χ3n) is 2.23. The number of hydrogen-bond donors (Lipinski definition) is 2. The smallest absolute Gasteiger partial charge is 0.228 e. The summed E-state index contributed by atoms with van der Waals surface area (Å²) in [6, 6.07) is 6.09. The Hall–Kier alpha value is -1.88. The molecule has 0 saturated carbocycles. The maximum atomic E-state index is 13.1. The van der Waals surface area contributed by atoms with Crippen molar-refractivity contribution in [2.45, 2.75) is 6.42 Å². The van der Waals surface area contributed by atoms with Gasteiger partial charge in [-0.25, -0.2) is 4.39 Å². The van der Waals surface area contributed by atoms with Gasteiger partial charge in [0, 0.05) is 5.69 Å². The summed E-state index contributed by atoms with van der Waals surface area (Å²) in [6.07, 6.45) is 0.287. The fourth-order valence-corrected chi connectivity index (χ4v) is 2.06. The maximum Gasteiger partial charge on any atom is 0.228 e. The van der Waals surface area contributed by atoms with Crippen molar-refractivity contribution >= 4 is 28.6 Å². The average Bonchev–Trinajstić information content (AvgIpc) is 2.76. The summed E-state index contributed by atoms with van der Waals surface area (Å²) in [6.45, 7) is 0. The molecule has 0 aliphatic carbocycles. The molecule has 2 aromatic rings. The Morgan fingerprint density at radius 3 is 2.88 bits per heavy atom. The zero-order chi connectivity index (χ0) is 12.3. The third kappa shape index (κ3) is 3.04. The maximum absolute atomic E-state index is 13.1. The Bertz CT molecular complexity index is 525. The number of hydrogen-bond acceptors (Lipinski definition) is 3. The molecule has 0 atom stereocenters. The molecule has 17 heavy (non-hydrogen) atoms. The summed E-state index contributed by atoms with van der Waals surface area (Å²) in [5, 5.41) is 6.43. The van der Waals surface area contributed by atoms with Gasteiger partial charge in [0.05, 0.1) is 12.1 Å². The first-order valence-electron chi connectivity index (χ1n) is 5.01. The summed E-state index contributed by atoms with van der Waals surface area (Å²) in [4.78, 5) is 11.6. The Morgan fingerprint density at radius 2 is 2.24 bits per heavy atom. The summed E-state index contributed by atoms with van der Waals surface area (Å²) in [5.41, 5.74) is 6.77. The van der Waals surface area contributed by atoms with Crippen LogP contribution in [0.2, 0.25) is 0 Å². The van der Waals surface area contributed by atoms with E-state index in [2.05, 4.69) is 5.32 Å². The number of benzene rings is 1. The number of carbonyl (C=O) groups is 1. The van der Waals surface area contributed by atoms with E-state index < -0.39 is 5.82 Å². The molecule has 0 bridgehead atoms. The fourth-order valence-electron chi connectivity index (χ4n) is 1.39. The summed E-state index contributed by atoms with van der Waals surface area (Å²) >= 11 is 1.54. The summed E-state index contributed by atoms with van der Waals surface area (Å²) < 4.78 is 13.1. The van der Waals surface area contributed by atoms with Crippen LogP contribution in [0.3, 0.4) is 0 Å². The van der Waals surface area contributed by atoms with E-state index in [9.17, 15) is 9.18 Å². The molecule has 3 N–H and O–H groups in total. The topological polar surface area (TPSA) is 55.1 Å². The van der Waals surface area contributed by atoms with Gasteiger partial charge in [-0.05, 0) is 40.6 Å². The Morgan fingerprint density at radius 1 is 1.41 bits per heavy atom. The minimum Gasteiger partial charge on any atom is -0.396 e. The Kier molecular flexibility index (Phi) is 3.39. The first-order chi connectivity index (χ1) is 8.15. The van der Waals surface area contributed by atoms with Crippen LogP contribution in [0.25, 0.3) is 0 Å². The molecular weight excluding hydrogens is 239 g/mol. The summed E-state index contributed by atoms with van der Waals surface area (Å²) in [5.74, 6) is -0.703. The van der Waals surface area contributed by atoms with Crippen LogP contribution in [0, 0.1) is 5.82 Å². The van der Waals surface area contributed by atoms with Gasteiger partial charge in [0.15, 0.2) is 0 Å². The van der Waals surface area contributed by atoms with Gasteiger partial charge in [-0.2, -0.15) is 11.3 Å². The second-order valence-electron chi connectivity index (χ2n) is 3.59. The molecule has 1 heterocycles. The van der Waals surface area contributed by atoms with Gasteiger partial charge >= 0.3 is 0 Å². The highest BCUT2D eigenvalue weighted by Crippen LogP contribution is 2.16. The highest BCUT2D eigenvalue weighted by Gasteiger charge is 2.06. The average molecular weight is 250 g/mol. The molecule has 0 spiro atoms. The summed E-state index contributed by atoms with van der Waals surface area (Å²) in [7, 11) is 0. The molecule has 0 aliphatic rings. The fraction of sp³-hybridized carbons (Fsp3) is 0.0833. The van der Waals surface area contributed by atoms with E-state index in [-0.39, 0.29) is 18.0 Å². The number of amides is 1. The van der Waals surface area contributed by atoms with Gasteiger partial charge < -0.3 is 11.1 Å². The second-order valence-corrected chi connectivity index (χ2v) is 4.37. The predicted octanol–water partition coefficient (Wildman–Crippen LogP) is 2.65. The van der Waals surface area contributed by atoms with Crippen LogP contribution in [0.15, 0.2) is 35.0 Å². The highest BCUT2D eigenvalue weighted by molar-refractivity contribution is 7.08. The number of anilines is 2. The zero-order valence-corrected chi connectivity index (χ0v) is 9.76. The molecule has 88 valence electrons. The van der Waals surface area contributed by atoms with Gasteiger partial charge in [-0.3, -0.25) is 4.79 Å². The molecule has 1 aromatic heterocycles. The van der Waals surface area contributed by atoms with Gasteiger partial charge in [0.25, 0.3) is 0 Å². The molecule has 1 amide bonds. The molecule has 0 aliphatic heterocycles. The molecule has 5 heteroatoms. The van der Waals surface area contributed by atoms with Crippen molar-refractivity contribution in [3.8, 4) is 0 Å². The van der Waals surface area contributed by atoms with Crippen molar-refractivity contribution in [3.63, 3.8) is 0 Å². The van der Waals surface area contributed by atoms with Crippen LogP contribution in [0.1, 0.15) is 5.56 Å². The molecule has 0 radical (unpaired) electrons. The first-order valence-corrected chi connectivity index (χ1v) is 5.95. The normalized spacial score (nSPS) is 10.2. The van der Waals surface area contributed by atoms with Crippen LogP contribution in [0.4, 0.5) is 15.8 Å². The highest BCUT2D eigenvalue weighted by atomic mass is 32.1. The van der Waals surface area contributed by atoms with Crippen LogP contribution >= 0.6 is 11.3 Å². The molecule has 1 aromatic carbocycles. The van der Waals surface area contributed by atoms with Crippen molar-refractivity contribution < 1.29 is 9.18 Å². The number of carbonyl (C=O) groups excluding carboxylic acids is 1. The van der Waals surface area contributed by atoms with E-state index in [1.165, 1.54) is 23.5 Å². The number of nitrogen functional groups attached to an aromatic ring is 1. The van der Waals surface area contributed by atoms with Crippen molar-refractivity contribution in [1.82, 2.24) is 0 Å². The van der Waals surface area contributed by atoms with Crippen molar-refractivity contribution in [2.24, 2.45) is 0 Å². The van der Waals surface area contributed by atoms with E-state index in [1.807, 2.05) is 16.8 Å². The van der Waals surface area contributed by atoms with Crippen molar-refractivity contribution in [3.05, 3.63) is 46.4 Å². The second kappa shape index (κ2) is 4.97. The lowest BCUT2D eigenvalue weighted by Crippen LogP contribution is -2.14.